The number of amides is 2. The van der Waals surface area contributed by atoms with Gasteiger partial charge in [-0.05, 0) is 48.6 Å². The van der Waals surface area contributed by atoms with Crippen LogP contribution in [0.5, 0.6) is 0 Å². The average Bonchev–Trinajstić information content (AvgIpc) is 3.22. The van der Waals surface area contributed by atoms with Crippen LogP contribution in [0.25, 0.3) is 5.69 Å². The second kappa shape index (κ2) is 9.59. The Kier molecular flexibility index (Phi) is 6.44. The maximum Gasteiger partial charge on any atom is 0.320 e. The Hall–Kier alpha value is -3.12. The Labute approximate surface area is 177 Å². The van der Waals surface area contributed by atoms with Crippen LogP contribution < -0.4 is 10.6 Å². The Balaban J connectivity index is 1.24. The molecule has 2 amide bonds. The number of rotatable bonds is 6. The number of hydrogen-bond acceptors (Lipinski definition) is 3. The molecule has 1 aliphatic rings. The van der Waals surface area contributed by atoms with Gasteiger partial charge in [-0.3, -0.25) is 10.2 Å². The van der Waals surface area contributed by atoms with Crippen LogP contribution >= 0.6 is 0 Å². The molecule has 0 unspecified atom stereocenters. The first-order valence-electron chi connectivity index (χ1n) is 10.6. The third kappa shape index (κ3) is 5.48. The molecule has 2 aromatic carbocycles. The van der Waals surface area contributed by atoms with Crippen molar-refractivity contribution >= 4 is 11.8 Å². The predicted octanol–water partition coefficient (Wildman–Crippen LogP) is 4.43. The van der Waals surface area contributed by atoms with E-state index in [1.165, 1.54) is 31.5 Å². The van der Waals surface area contributed by atoms with Crippen LogP contribution in [0.4, 0.5) is 10.6 Å². The highest BCUT2D eigenvalue weighted by molar-refractivity contribution is 5.88. The Morgan fingerprint density at radius 3 is 2.60 bits per heavy atom. The first-order chi connectivity index (χ1) is 14.7. The van der Waals surface area contributed by atoms with Gasteiger partial charge in [-0.1, -0.05) is 49.4 Å². The lowest BCUT2D eigenvalue weighted by Crippen LogP contribution is -2.33. The van der Waals surface area contributed by atoms with Crippen LogP contribution in [-0.2, 0) is 13.1 Å². The maximum absolute atomic E-state index is 12.2. The second-order valence-corrected chi connectivity index (χ2v) is 8.09. The standard InChI is InChI=1S/C24H29N5O/c1-19-6-5-14-28(17-19)18-21-11-9-20(10-12-21)16-25-24(30)26-23-13-15-29(27-23)22-7-3-2-4-8-22/h2-4,7-13,15,19H,5-6,14,16-18H2,1H3,(H2,25,26,27,30)/t19-/m0/s1. The molecule has 6 nitrogen and oxygen atoms in total. The number of likely N-dealkylation sites (tertiary alicyclic amines) is 1. The number of benzene rings is 2. The zero-order chi connectivity index (χ0) is 20.8. The molecule has 1 atom stereocenters. The molecule has 1 saturated heterocycles. The van der Waals surface area contributed by atoms with E-state index in [1.54, 1.807) is 10.7 Å². The average molecular weight is 404 g/mol. The molecule has 0 spiro atoms. The van der Waals surface area contributed by atoms with E-state index < -0.39 is 0 Å². The van der Waals surface area contributed by atoms with Gasteiger partial charge >= 0.3 is 6.03 Å². The van der Waals surface area contributed by atoms with Crippen molar-refractivity contribution in [1.82, 2.24) is 20.0 Å². The van der Waals surface area contributed by atoms with Crippen LogP contribution in [0.3, 0.4) is 0 Å². The Morgan fingerprint density at radius 2 is 1.83 bits per heavy atom. The third-order valence-corrected chi connectivity index (χ3v) is 5.47. The number of anilines is 1. The van der Waals surface area contributed by atoms with Crippen molar-refractivity contribution in [3.8, 4) is 5.69 Å². The molecule has 0 bridgehead atoms. The number of nitrogens with one attached hydrogen (secondary N) is 2. The predicted molar refractivity (Wildman–Crippen MR) is 120 cm³/mol. The van der Waals surface area contributed by atoms with E-state index in [0.29, 0.717) is 12.4 Å². The van der Waals surface area contributed by atoms with Crippen LogP contribution in [0.2, 0.25) is 0 Å². The normalized spacial score (nSPS) is 16.9. The number of aromatic nitrogens is 2. The fourth-order valence-corrected chi connectivity index (χ4v) is 3.91. The molecule has 2 N–H and O–H groups in total. The number of nitrogens with zero attached hydrogens (tertiary/aromatic N) is 3. The summed E-state index contributed by atoms with van der Waals surface area (Å²) in [6, 6.07) is 19.8. The van der Waals surface area contributed by atoms with Crippen molar-refractivity contribution in [3.63, 3.8) is 0 Å². The largest absolute Gasteiger partial charge is 0.334 e. The lowest BCUT2D eigenvalue weighted by molar-refractivity contribution is 0.176. The van der Waals surface area contributed by atoms with E-state index in [9.17, 15) is 4.79 Å². The van der Waals surface area contributed by atoms with E-state index >= 15 is 0 Å². The Morgan fingerprint density at radius 1 is 1.07 bits per heavy atom. The molecule has 6 heteroatoms. The molecule has 2 heterocycles. The zero-order valence-electron chi connectivity index (χ0n) is 17.4. The smallest absolute Gasteiger partial charge is 0.320 e. The van der Waals surface area contributed by atoms with Crippen LogP contribution in [0.1, 0.15) is 30.9 Å². The molecule has 0 radical (unpaired) electrons. The van der Waals surface area contributed by atoms with Gasteiger partial charge in [-0.25, -0.2) is 9.48 Å². The van der Waals surface area contributed by atoms with E-state index in [4.69, 9.17) is 0 Å². The summed E-state index contributed by atoms with van der Waals surface area (Å²) in [5, 5.41) is 10.1. The fourth-order valence-electron chi connectivity index (χ4n) is 3.91. The number of hydrogen-bond donors (Lipinski definition) is 2. The van der Waals surface area contributed by atoms with Gasteiger partial charge in [0.25, 0.3) is 0 Å². The van der Waals surface area contributed by atoms with Crippen molar-refractivity contribution in [2.45, 2.75) is 32.9 Å². The monoisotopic (exact) mass is 403 g/mol. The molecule has 3 aromatic rings. The second-order valence-electron chi connectivity index (χ2n) is 8.09. The minimum absolute atomic E-state index is 0.264. The van der Waals surface area contributed by atoms with Gasteiger partial charge in [0.05, 0.1) is 5.69 Å². The van der Waals surface area contributed by atoms with Gasteiger partial charge in [0.15, 0.2) is 5.82 Å². The first-order valence-corrected chi connectivity index (χ1v) is 10.6. The lowest BCUT2D eigenvalue weighted by Gasteiger charge is -2.30. The van der Waals surface area contributed by atoms with E-state index in [-0.39, 0.29) is 6.03 Å². The molecule has 156 valence electrons. The van der Waals surface area contributed by atoms with Crippen molar-refractivity contribution < 1.29 is 4.79 Å². The Bertz CT molecular complexity index is 951. The molecule has 0 saturated carbocycles. The summed E-state index contributed by atoms with van der Waals surface area (Å²) in [5.41, 5.74) is 3.35. The number of piperidine rings is 1. The summed E-state index contributed by atoms with van der Waals surface area (Å²) >= 11 is 0. The topological polar surface area (TPSA) is 62.2 Å². The minimum atomic E-state index is -0.264. The highest BCUT2D eigenvalue weighted by Gasteiger charge is 2.16. The first kappa shape index (κ1) is 20.2. The van der Waals surface area contributed by atoms with Gasteiger partial charge in [-0.2, -0.15) is 0 Å². The van der Waals surface area contributed by atoms with Gasteiger partial charge in [-0.15, -0.1) is 5.10 Å². The lowest BCUT2D eigenvalue weighted by atomic mass is 9.99. The van der Waals surface area contributed by atoms with Gasteiger partial charge in [0.2, 0.25) is 0 Å². The summed E-state index contributed by atoms with van der Waals surface area (Å²) in [7, 11) is 0. The maximum atomic E-state index is 12.2. The SMILES string of the molecule is C[C@H]1CCCN(Cc2ccc(CNC(=O)Nc3ccn(-c4ccccc4)n3)cc2)C1. The van der Waals surface area contributed by atoms with Crippen molar-refractivity contribution in [1.29, 1.82) is 0 Å². The zero-order valence-corrected chi connectivity index (χ0v) is 17.4. The fraction of sp³-hybridized carbons (Fsp3) is 0.333. The highest BCUT2D eigenvalue weighted by Crippen LogP contribution is 2.18. The number of carbonyl (C=O) groups excluding carboxylic acids is 1. The van der Waals surface area contributed by atoms with Gasteiger partial charge in [0, 0.05) is 31.9 Å². The summed E-state index contributed by atoms with van der Waals surface area (Å²) in [6.45, 7) is 6.18. The van der Waals surface area contributed by atoms with E-state index in [2.05, 4.69) is 51.8 Å². The van der Waals surface area contributed by atoms with Crippen molar-refractivity contribution in [3.05, 3.63) is 78.0 Å². The quantitative estimate of drug-likeness (QED) is 0.640. The molecule has 1 fully saturated rings. The van der Waals surface area contributed by atoms with Crippen molar-refractivity contribution in [2.75, 3.05) is 18.4 Å². The molecule has 1 aromatic heterocycles. The number of para-hydroxylation sites is 1. The number of carbonyl (C=O) groups is 1. The van der Waals surface area contributed by atoms with Crippen molar-refractivity contribution in [2.24, 2.45) is 5.92 Å². The van der Waals surface area contributed by atoms with Gasteiger partial charge in [0.1, 0.15) is 0 Å². The summed E-state index contributed by atoms with van der Waals surface area (Å²) in [5.74, 6) is 1.31. The molecular formula is C24H29N5O. The van der Waals surface area contributed by atoms with Gasteiger partial charge < -0.3 is 5.32 Å². The van der Waals surface area contributed by atoms with E-state index in [0.717, 1.165) is 23.7 Å². The molecule has 4 rings (SSSR count). The third-order valence-electron chi connectivity index (χ3n) is 5.47. The van der Waals surface area contributed by atoms with Crippen LogP contribution in [0.15, 0.2) is 66.9 Å². The van der Waals surface area contributed by atoms with E-state index in [1.807, 2.05) is 36.5 Å². The minimum Gasteiger partial charge on any atom is -0.334 e. The summed E-state index contributed by atoms with van der Waals surface area (Å²) in [4.78, 5) is 14.7. The number of urea groups is 1. The highest BCUT2D eigenvalue weighted by atomic mass is 16.2. The summed E-state index contributed by atoms with van der Waals surface area (Å²) in [6.07, 6.45) is 4.46. The molecule has 30 heavy (non-hydrogen) atoms. The molecule has 0 aliphatic carbocycles. The summed E-state index contributed by atoms with van der Waals surface area (Å²) < 4.78 is 1.73. The molecule has 1 aliphatic heterocycles. The van der Waals surface area contributed by atoms with Crippen LogP contribution in [0, 0.1) is 5.92 Å². The van der Waals surface area contributed by atoms with Crippen LogP contribution in [-0.4, -0.2) is 33.8 Å². The molecular weight excluding hydrogens is 374 g/mol.